The zero-order valence-corrected chi connectivity index (χ0v) is 6.58. The van der Waals surface area contributed by atoms with E-state index in [1.54, 1.807) is 12.4 Å². The molecule has 0 aliphatic carbocycles. The van der Waals surface area contributed by atoms with Crippen molar-refractivity contribution >= 4 is 0 Å². The molecule has 2 heterocycles. The second kappa shape index (κ2) is 5.85. The van der Waals surface area contributed by atoms with Gasteiger partial charge in [-0.3, -0.25) is 5.10 Å². The Balaban J connectivity index is 0.000000112. The molecule has 1 aliphatic rings. The highest BCUT2D eigenvalue weighted by Gasteiger charge is 1.93. The maximum atomic E-state index is 3.42. The molecular weight excluding hydrogens is 140 g/mol. The van der Waals surface area contributed by atoms with E-state index in [1.807, 2.05) is 0 Å². The number of rotatable bonds is 0. The van der Waals surface area contributed by atoms with Crippen LogP contribution in [0.4, 0.5) is 0 Å². The maximum Gasteiger partial charge on any atom is 0.0690 e. The van der Waals surface area contributed by atoms with Crippen LogP contribution >= 0.6 is 0 Å². The van der Waals surface area contributed by atoms with Crippen LogP contribution in [0.2, 0.25) is 0 Å². The number of hydrogen-bond donors (Lipinski definition) is 2. The van der Waals surface area contributed by atoms with E-state index in [0.717, 1.165) is 0 Å². The van der Waals surface area contributed by atoms with Gasteiger partial charge in [0.05, 0.1) is 6.20 Å². The van der Waals surface area contributed by atoms with Gasteiger partial charge in [0.1, 0.15) is 0 Å². The molecule has 1 fully saturated rings. The first-order chi connectivity index (χ1) is 5.50. The van der Waals surface area contributed by atoms with Crippen molar-refractivity contribution in [3.05, 3.63) is 12.4 Å². The van der Waals surface area contributed by atoms with Gasteiger partial charge in [-0.25, -0.2) is 0 Å². The monoisotopic (exact) mass is 154 g/mol. The quantitative estimate of drug-likeness (QED) is 0.574. The van der Waals surface area contributed by atoms with Crippen LogP contribution in [0.15, 0.2) is 12.4 Å². The van der Waals surface area contributed by atoms with Gasteiger partial charge in [-0.15, -0.1) is 5.10 Å². The molecule has 4 nitrogen and oxygen atoms in total. The average molecular weight is 154 g/mol. The van der Waals surface area contributed by atoms with E-state index < -0.39 is 0 Å². The Morgan fingerprint density at radius 1 is 1.09 bits per heavy atom. The van der Waals surface area contributed by atoms with E-state index in [1.165, 1.54) is 32.4 Å². The summed E-state index contributed by atoms with van der Waals surface area (Å²) in [5.74, 6) is 0. The molecule has 2 N–H and O–H groups in total. The summed E-state index contributed by atoms with van der Waals surface area (Å²) in [7, 11) is 0. The van der Waals surface area contributed by atoms with Gasteiger partial charge in [0.25, 0.3) is 0 Å². The smallest absolute Gasteiger partial charge is 0.0690 e. The average Bonchev–Trinajstić information content (AvgIpc) is 2.64. The van der Waals surface area contributed by atoms with Crippen LogP contribution in [0.25, 0.3) is 0 Å². The third-order valence-corrected chi connectivity index (χ3v) is 1.54. The molecule has 1 saturated heterocycles. The zero-order valence-electron chi connectivity index (χ0n) is 6.58. The van der Waals surface area contributed by atoms with Gasteiger partial charge in [0, 0.05) is 6.20 Å². The number of H-pyrrole nitrogens is 1. The van der Waals surface area contributed by atoms with Crippen molar-refractivity contribution in [3.8, 4) is 0 Å². The number of piperidine rings is 1. The number of nitrogens with one attached hydrogen (secondary N) is 2. The molecule has 0 aromatic carbocycles. The summed E-state index contributed by atoms with van der Waals surface area (Å²) >= 11 is 0. The van der Waals surface area contributed by atoms with Gasteiger partial charge < -0.3 is 5.32 Å². The van der Waals surface area contributed by atoms with Crippen molar-refractivity contribution in [2.45, 2.75) is 19.3 Å². The Hall–Kier alpha value is -0.900. The molecule has 0 atom stereocenters. The fourth-order valence-electron chi connectivity index (χ4n) is 0.968. The van der Waals surface area contributed by atoms with Gasteiger partial charge in [-0.05, 0) is 25.9 Å². The van der Waals surface area contributed by atoms with Crippen LogP contribution in [0.1, 0.15) is 19.3 Å². The van der Waals surface area contributed by atoms with Crippen molar-refractivity contribution in [1.29, 1.82) is 0 Å². The topological polar surface area (TPSA) is 53.6 Å². The van der Waals surface area contributed by atoms with Gasteiger partial charge in [0.15, 0.2) is 0 Å². The second-order valence-electron chi connectivity index (χ2n) is 2.47. The van der Waals surface area contributed by atoms with Crippen LogP contribution in [0.3, 0.4) is 0 Å². The molecule has 0 saturated carbocycles. The lowest BCUT2D eigenvalue weighted by atomic mass is 10.2. The normalized spacial score (nSPS) is 16.7. The van der Waals surface area contributed by atoms with Crippen LogP contribution in [0.5, 0.6) is 0 Å². The van der Waals surface area contributed by atoms with Crippen LogP contribution in [-0.4, -0.2) is 28.5 Å². The predicted octanol–water partition coefficient (Wildman–Crippen LogP) is 0.565. The lowest BCUT2D eigenvalue weighted by Crippen LogP contribution is -2.21. The van der Waals surface area contributed by atoms with Gasteiger partial charge in [-0.2, -0.15) is 0 Å². The predicted molar refractivity (Wildman–Crippen MR) is 43.1 cm³/mol. The highest BCUT2D eigenvalue weighted by molar-refractivity contribution is 4.55. The molecule has 0 unspecified atom stereocenters. The molecule has 0 bridgehead atoms. The highest BCUT2D eigenvalue weighted by atomic mass is 15.3. The molecule has 0 radical (unpaired) electrons. The Labute approximate surface area is 66.4 Å². The summed E-state index contributed by atoms with van der Waals surface area (Å²) in [6.45, 7) is 2.50. The van der Waals surface area contributed by atoms with E-state index in [-0.39, 0.29) is 0 Å². The number of hydrogen-bond acceptors (Lipinski definition) is 3. The molecule has 4 heteroatoms. The SMILES string of the molecule is C1CCNCC1.c1c[nH]nn1. The van der Waals surface area contributed by atoms with E-state index in [0.29, 0.717) is 0 Å². The van der Waals surface area contributed by atoms with E-state index in [2.05, 4.69) is 20.7 Å². The lowest BCUT2D eigenvalue weighted by Gasteiger charge is -2.08. The van der Waals surface area contributed by atoms with E-state index in [4.69, 9.17) is 0 Å². The fourth-order valence-corrected chi connectivity index (χ4v) is 0.968. The summed E-state index contributed by atoms with van der Waals surface area (Å²) in [5, 5.41) is 12.5. The summed E-state index contributed by atoms with van der Waals surface area (Å²) in [4.78, 5) is 0. The highest BCUT2D eigenvalue weighted by Crippen LogP contribution is 1.96. The number of aromatic nitrogens is 3. The molecular formula is C7H14N4. The van der Waals surface area contributed by atoms with Crippen LogP contribution < -0.4 is 5.32 Å². The third-order valence-electron chi connectivity index (χ3n) is 1.54. The molecule has 0 spiro atoms. The van der Waals surface area contributed by atoms with Crippen molar-refractivity contribution in [2.75, 3.05) is 13.1 Å². The second-order valence-corrected chi connectivity index (χ2v) is 2.47. The summed E-state index contributed by atoms with van der Waals surface area (Å²) in [5.41, 5.74) is 0. The Bertz CT molecular complexity index is 117. The third kappa shape index (κ3) is 4.50. The molecule has 0 amide bonds. The van der Waals surface area contributed by atoms with Gasteiger partial charge >= 0.3 is 0 Å². The molecule has 11 heavy (non-hydrogen) atoms. The van der Waals surface area contributed by atoms with Crippen molar-refractivity contribution in [2.24, 2.45) is 0 Å². The number of aromatic amines is 1. The largest absolute Gasteiger partial charge is 0.317 e. The van der Waals surface area contributed by atoms with E-state index in [9.17, 15) is 0 Å². The van der Waals surface area contributed by atoms with Crippen LogP contribution in [-0.2, 0) is 0 Å². The number of nitrogens with zero attached hydrogens (tertiary/aromatic N) is 2. The molecule has 2 rings (SSSR count). The zero-order chi connectivity index (χ0) is 7.78. The minimum Gasteiger partial charge on any atom is -0.317 e. The molecule has 1 aromatic rings. The fraction of sp³-hybridized carbons (Fsp3) is 0.714. The minimum atomic E-state index is 1.25. The molecule has 1 aromatic heterocycles. The first kappa shape index (κ1) is 8.20. The first-order valence-corrected chi connectivity index (χ1v) is 4.01. The van der Waals surface area contributed by atoms with Gasteiger partial charge in [0.2, 0.25) is 0 Å². The summed E-state index contributed by atoms with van der Waals surface area (Å²) in [6.07, 6.45) is 7.45. The molecule has 1 aliphatic heterocycles. The summed E-state index contributed by atoms with van der Waals surface area (Å²) < 4.78 is 0. The van der Waals surface area contributed by atoms with Gasteiger partial charge in [-0.1, -0.05) is 11.6 Å². The van der Waals surface area contributed by atoms with Crippen molar-refractivity contribution < 1.29 is 0 Å². The Morgan fingerprint density at radius 2 is 1.91 bits per heavy atom. The van der Waals surface area contributed by atoms with Crippen molar-refractivity contribution in [3.63, 3.8) is 0 Å². The minimum absolute atomic E-state index is 1.25. The Kier molecular flexibility index (Phi) is 4.36. The van der Waals surface area contributed by atoms with Crippen LogP contribution in [0, 0.1) is 0 Å². The first-order valence-electron chi connectivity index (χ1n) is 4.01. The van der Waals surface area contributed by atoms with Crippen molar-refractivity contribution in [1.82, 2.24) is 20.7 Å². The summed E-state index contributed by atoms with van der Waals surface area (Å²) in [6, 6.07) is 0. The molecule has 62 valence electrons. The van der Waals surface area contributed by atoms with E-state index >= 15 is 0 Å². The maximum absolute atomic E-state index is 3.42. The lowest BCUT2D eigenvalue weighted by molar-refractivity contribution is 0.520. The standard InChI is InChI=1S/C5H11N.C2H3N3/c1-2-4-6-5-3-1;1-2-4-5-3-1/h6H,1-5H2;1-2H,(H,3,4,5). The Morgan fingerprint density at radius 3 is 2.09 bits per heavy atom.